The number of carboxylic acids is 1. The molecule has 1 aromatic rings. The normalized spacial score (nSPS) is 16.7. The van der Waals surface area contributed by atoms with Crippen LogP contribution >= 0.6 is 0 Å². The molecule has 1 aromatic carbocycles. The molecule has 18 heavy (non-hydrogen) atoms. The minimum absolute atomic E-state index is 0.150. The average molecular weight is 252 g/mol. The van der Waals surface area contributed by atoms with Crippen LogP contribution in [0, 0.1) is 5.82 Å². The van der Waals surface area contributed by atoms with Crippen molar-refractivity contribution in [2.45, 2.75) is 44.8 Å². The molecule has 4 heteroatoms. The van der Waals surface area contributed by atoms with Gasteiger partial charge >= 0.3 is 5.97 Å². The van der Waals surface area contributed by atoms with E-state index >= 15 is 0 Å². The lowest BCUT2D eigenvalue weighted by Crippen LogP contribution is -2.17. The minimum Gasteiger partial charge on any atom is -0.478 e. The molecular weight excluding hydrogens is 235 g/mol. The summed E-state index contributed by atoms with van der Waals surface area (Å²) in [4.78, 5) is 10.8. The van der Waals surface area contributed by atoms with Gasteiger partial charge in [0.15, 0.2) is 0 Å². The first-order valence-corrected chi connectivity index (χ1v) is 6.31. The van der Waals surface area contributed by atoms with Crippen LogP contribution in [0.15, 0.2) is 18.2 Å². The van der Waals surface area contributed by atoms with Crippen LogP contribution in [0.5, 0.6) is 0 Å². The predicted molar refractivity (Wildman–Crippen MR) is 65.0 cm³/mol. The summed E-state index contributed by atoms with van der Waals surface area (Å²) < 4.78 is 19.5. The summed E-state index contributed by atoms with van der Waals surface area (Å²) in [6.07, 6.45) is 5.76. The Bertz CT molecular complexity index is 425. The number of aromatic carboxylic acids is 1. The van der Waals surface area contributed by atoms with Crippen LogP contribution in [0.25, 0.3) is 0 Å². The maximum Gasteiger partial charge on any atom is 0.338 e. The van der Waals surface area contributed by atoms with Crippen LogP contribution in [0.1, 0.15) is 48.0 Å². The number of hydrogen-bond donors (Lipinski definition) is 1. The molecule has 0 heterocycles. The molecule has 0 aliphatic heterocycles. The molecule has 1 saturated carbocycles. The van der Waals surface area contributed by atoms with Crippen molar-refractivity contribution in [3.63, 3.8) is 0 Å². The first kappa shape index (κ1) is 13.0. The van der Waals surface area contributed by atoms with Gasteiger partial charge in [0.25, 0.3) is 0 Å². The van der Waals surface area contributed by atoms with E-state index in [2.05, 4.69) is 0 Å². The van der Waals surface area contributed by atoms with Crippen LogP contribution in [-0.2, 0) is 11.3 Å². The summed E-state index contributed by atoms with van der Waals surface area (Å²) in [7, 11) is 0. The Labute approximate surface area is 106 Å². The summed E-state index contributed by atoms with van der Waals surface area (Å²) in [6, 6.07) is 4.39. The zero-order chi connectivity index (χ0) is 13.0. The van der Waals surface area contributed by atoms with Crippen molar-refractivity contribution < 1.29 is 19.0 Å². The number of hydrogen-bond acceptors (Lipinski definition) is 2. The Morgan fingerprint density at radius 1 is 1.33 bits per heavy atom. The standard InChI is InChI=1S/C14H17FO3/c15-13-10(5-4-8-12(13)14(16)17)9-18-11-6-2-1-3-7-11/h4-5,8,11H,1-3,6-7,9H2,(H,16,17). The van der Waals surface area contributed by atoms with Crippen LogP contribution in [0.4, 0.5) is 4.39 Å². The van der Waals surface area contributed by atoms with Crippen molar-refractivity contribution in [3.05, 3.63) is 35.1 Å². The van der Waals surface area contributed by atoms with Gasteiger partial charge in [-0.05, 0) is 18.9 Å². The molecule has 3 nitrogen and oxygen atoms in total. The first-order valence-electron chi connectivity index (χ1n) is 6.31. The highest BCUT2D eigenvalue weighted by atomic mass is 19.1. The summed E-state index contributed by atoms with van der Waals surface area (Å²) >= 11 is 0. The highest BCUT2D eigenvalue weighted by Crippen LogP contribution is 2.22. The topological polar surface area (TPSA) is 46.5 Å². The number of rotatable bonds is 4. The maximum absolute atomic E-state index is 13.8. The summed E-state index contributed by atoms with van der Waals surface area (Å²) in [5, 5.41) is 8.83. The second-order valence-corrected chi connectivity index (χ2v) is 4.65. The van der Waals surface area contributed by atoms with Crippen molar-refractivity contribution in [1.82, 2.24) is 0 Å². The first-order chi connectivity index (χ1) is 8.68. The monoisotopic (exact) mass is 252 g/mol. The third-order valence-electron chi connectivity index (χ3n) is 3.34. The molecule has 1 aliphatic carbocycles. The van der Waals surface area contributed by atoms with Crippen molar-refractivity contribution >= 4 is 5.97 Å². The zero-order valence-electron chi connectivity index (χ0n) is 10.2. The molecule has 0 aromatic heterocycles. The van der Waals surface area contributed by atoms with Gasteiger partial charge in [-0.3, -0.25) is 0 Å². The molecule has 0 radical (unpaired) electrons. The summed E-state index contributed by atoms with van der Waals surface area (Å²) in [5.41, 5.74) is 0.0280. The van der Waals surface area contributed by atoms with E-state index in [0.717, 1.165) is 25.7 Å². The van der Waals surface area contributed by atoms with Gasteiger partial charge in [0.05, 0.1) is 18.3 Å². The minimum atomic E-state index is -1.24. The quantitative estimate of drug-likeness (QED) is 0.893. The Kier molecular flexibility index (Phi) is 4.31. The highest BCUT2D eigenvalue weighted by Gasteiger charge is 2.17. The smallest absolute Gasteiger partial charge is 0.338 e. The van der Waals surface area contributed by atoms with Gasteiger partial charge in [0, 0.05) is 5.56 Å². The van der Waals surface area contributed by atoms with Gasteiger partial charge in [-0.2, -0.15) is 0 Å². The van der Waals surface area contributed by atoms with Gasteiger partial charge < -0.3 is 9.84 Å². The summed E-state index contributed by atoms with van der Waals surface area (Å²) in [5.74, 6) is -1.92. The van der Waals surface area contributed by atoms with Crippen LogP contribution < -0.4 is 0 Å². The van der Waals surface area contributed by atoms with E-state index in [4.69, 9.17) is 9.84 Å². The predicted octanol–water partition coefficient (Wildman–Crippen LogP) is 3.37. The van der Waals surface area contributed by atoms with Gasteiger partial charge in [-0.1, -0.05) is 31.4 Å². The number of ether oxygens (including phenoxy) is 1. The highest BCUT2D eigenvalue weighted by molar-refractivity contribution is 5.88. The van der Waals surface area contributed by atoms with Crippen molar-refractivity contribution in [2.24, 2.45) is 0 Å². The number of benzene rings is 1. The van der Waals surface area contributed by atoms with E-state index in [9.17, 15) is 9.18 Å². The molecule has 1 aliphatic rings. The molecule has 1 N–H and O–H groups in total. The van der Waals surface area contributed by atoms with E-state index in [0.29, 0.717) is 5.56 Å². The number of halogens is 1. The lowest BCUT2D eigenvalue weighted by Gasteiger charge is -2.22. The maximum atomic E-state index is 13.8. The molecule has 1 fully saturated rings. The SMILES string of the molecule is O=C(O)c1cccc(COC2CCCCC2)c1F. The Hall–Kier alpha value is -1.42. The van der Waals surface area contributed by atoms with E-state index in [1.807, 2.05) is 0 Å². The fraction of sp³-hybridized carbons (Fsp3) is 0.500. The van der Waals surface area contributed by atoms with Crippen LogP contribution in [0.3, 0.4) is 0 Å². The van der Waals surface area contributed by atoms with Crippen molar-refractivity contribution in [2.75, 3.05) is 0 Å². The van der Waals surface area contributed by atoms with Gasteiger partial charge in [0.2, 0.25) is 0 Å². The van der Waals surface area contributed by atoms with E-state index in [1.54, 1.807) is 12.1 Å². The third kappa shape index (κ3) is 3.07. The van der Waals surface area contributed by atoms with Crippen LogP contribution in [0.2, 0.25) is 0 Å². The van der Waals surface area contributed by atoms with Gasteiger partial charge in [-0.15, -0.1) is 0 Å². The molecule has 0 spiro atoms. The third-order valence-corrected chi connectivity index (χ3v) is 3.34. The van der Waals surface area contributed by atoms with E-state index in [1.165, 1.54) is 12.5 Å². The molecule has 0 atom stereocenters. The second-order valence-electron chi connectivity index (χ2n) is 4.65. The fourth-order valence-electron chi connectivity index (χ4n) is 2.30. The lowest BCUT2D eigenvalue weighted by molar-refractivity contribution is 0.0155. The molecule has 0 amide bonds. The second kappa shape index (κ2) is 5.96. The van der Waals surface area contributed by atoms with Crippen molar-refractivity contribution in [1.29, 1.82) is 0 Å². The average Bonchev–Trinajstić information content (AvgIpc) is 2.38. The Balaban J connectivity index is 2.00. The van der Waals surface area contributed by atoms with Crippen LogP contribution in [-0.4, -0.2) is 17.2 Å². The number of carbonyl (C=O) groups is 1. The molecule has 98 valence electrons. The molecule has 0 bridgehead atoms. The van der Waals surface area contributed by atoms with E-state index < -0.39 is 11.8 Å². The van der Waals surface area contributed by atoms with Gasteiger partial charge in [-0.25, -0.2) is 9.18 Å². The molecular formula is C14H17FO3. The number of carboxylic acid groups (broad SMARTS) is 1. The van der Waals surface area contributed by atoms with Crippen molar-refractivity contribution in [3.8, 4) is 0 Å². The Morgan fingerprint density at radius 3 is 2.72 bits per heavy atom. The molecule has 0 saturated heterocycles. The largest absolute Gasteiger partial charge is 0.478 e. The summed E-state index contributed by atoms with van der Waals surface area (Å²) in [6.45, 7) is 0.150. The van der Waals surface area contributed by atoms with E-state index in [-0.39, 0.29) is 18.3 Å². The lowest BCUT2D eigenvalue weighted by atomic mass is 9.98. The zero-order valence-corrected chi connectivity index (χ0v) is 10.2. The molecule has 2 rings (SSSR count). The van der Waals surface area contributed by atoms with Gasteiger partial charge in [0.1, 0.15) is 5.82 Å². The Morgan fingerprint density at radius 2 is 2.06 bits per heavy atom. The fourth-order valence-corrected chi connectivity index (χ4v) is 2.30. The molecule has 0 unspecified atom stereocenters.